The first kappa shape index (κ1) is 12.2. The van der Waals surface area contributed by atoms with Crippen LogP contribution in [0.25, 0.3) is 0 Å². The van der Waals surface area contributed by atoms with Gasteiger partial charge >= 0.3 is 12.0 Å². The van der Waals surface area contributed by atoms with E-state index in [0.29, 0.717) is 37.8 Å². The maximum Gasteiger partial charge on any atom is 0.319 e. The van der Waals surface area contributed by atoms with Gasteiger partial charge in [-0.2, -0.15) is 0 Å². The molecule has 0 aromatic heterocycles. The van der Waals surface area contributed by atoms with Crippen molar-refractivity contribution in [3.63, 3.8) is 0 Å². The number of nitrogens with zero attached hydrogens (tertiary/aromatic N) is 2. The van der Waals surface area contributed by atoms with Crippen LogP contribution in [0.2, 0.25) is 0 Å². The molecule has 2 rings (SSSR count). The minimum atomic E-state index is -0.697. The predicted molar refractivity (Wildman–Crippen MR) is 62.6 cm³/mol. The third-order valence-electron chi connectivity index (χ3n) is 4.17. The Bertz CT molecular complexity index is 340. The quantitative estimate of drug-likeness (QED) is 0.746. The summed E-state index contributed by atoms with van der Waals surface area (Å²) in [6.45, 7) is 3.25. The van der Waals surface area contributed by atoms with Crippen molar-refractivity contribution in [2.45, 2.75) is 19.8 Å². The van der Waals surface area contributed by atoms with Crippen LogP contribution in [0.15, 0.2) is 0 Å². The summed E-state index contributed by atoms with van der Waals surface area (Å²) in [6.07, 6.45) is 1.40. The van der Waals surface area contributed by atoms with Gasteiger partial charge in [-0.15, -0.1) is 0 Å². The number of carboxylic acid groups (broad SMARTS) is 1. The van der Waals surface area contributed by atoms with Crippen molar-refractivity contribution in [2.24, 2.45) is 17.3 Å². The number of hydrogen-bond acceptors (Lipinski definition) is 2. The smallest absolute Gasteiger partial charge is 0.319 e. The van der Waals surface area contributed by atoms with Crippen molar-refractivity contribution in [1.29, 1.82) is 0 Å². The number of amides is 2. The monoisotopic (exact) mass is 240 g/mol. The molecule has 0 bridgehead atoms. The molecule has 96 valence electrons. The highest BCUT2D eigenvalue weighted by Gasteiger charge is 2.51. The fourth-order valence-electron chi connectivity index (χ4n) is 3.26. The molecule has 1 saturated carbocycles. The summed E-state index contributed by atoms with van der Waals surface area (Å²) in [5.41, 5.74) is -0.581. The molecule has 17 heavy (non-hydrogen) atoms. The van der Waals surface area contributed by atoms with Crippen LogP contribution in [-0.2, 0) is 4.79 Å². The fraction of sp³-hybridized carbons (Fsp3) is 0.833. The van der Waals surface area contributed by atoms with Gasteiger partial charge in [0.2, 0.25) is 0 Å². The number of carbonyl (C=O) groups is 2. The van der Waals surface area contributed by atoms with E-state index in [4.69, 9.17) is 0 Å². The van der Waals surface area contributed by atoms with E-state index in [-0.39, 0.29) is 6.03 Å². The molecular weight excluding hydrogens is 220 g/mol. The van der Waals surface area contributed by atoms with Crippen LogP contribution in [0.4, 0.5) is 4.79 Å². The van der Waals surface area contributed by atoms with E-state index in [1.807, 2.05) is 11.8 Å². The van der Waals surface area contributed by atoms with Crippen molar-refractivity contribution in [1.82, 2.24) is 9.80 Å². The molecule has 0 aromatic carbocycles. The second kappa shape index (κ2) is 3.89. The minimum absolute atomic E-state index is 0.0384. The first-order valence-corrected chi connectivity index (χ1v) is 6.03. The van der Waals surface area contributed by atoms with Crippen molar-refractivity contribution >= 4 is 12.0 Å². The summed E-state index contributed by atoms with van der Waals surface area (Å²) in [5, 5.41) is 9.20. The predicted octanol–water partition coefficient (Wildman–Crippen LogP) is 1.10. The molecule has 5 heteroatoms. The molecule has 0 radical (unpaired) electrons. The van der Waals surface area contributed by atoms with Gasteiger partial charge in [-0.05, 0) is 31.6 Å². The first-order valence-electron chi connectivity index (χ1n) is 6.03. The Balaban J connectivity index is 2.01. The van der Waals surface area contributed by atoms with E-state index in [1.165, 1.54) is 0 Å². The summed E-state index contributed by atoms with van der Waals surface area (Å²) in [7, 11) is 3.50. The molecule has 5 nitrogen and oxygen atoms in total. The van der Waals surface area contributed by atoms with E-state index in [9.17, 15) is 14.7 Å². The lowest BCUT2D eigenvalue weighted by molar-refractivity contribution is -0.147. The van der Waals surface area contributed by atoms with Gasteiger partial charge in [0.1, 0.15) is 0 Å². The molecule has 1 saturated heterocycles. The highest BCUT2D eigenvalue weighted by molar-refractivity contribution is 5.76. The van der Waals surface area contributed by atoms with Gasteiger partial charge in [0.25, 0.3) is 0 Å². The van der Waals surface area contributed by atoms with Gasteiger partial charge < -0.3 is 14.9 Å². The molecule has 1 aliphatic carbocycles. The zero-order valence-electron chi connectivity index (χ0n) is 10.6. The summed E-state index contributed by atoms with van der Waals surface area (Å²) in [5.74, 6) is 0.0254. The van der Waals surface area contributed by atoms with Gasteiger partial charge in [0, 0.05) is 27.2 Å². The Morgan fingerprint density at radius 3 is 2.06 bits per heavy atom. The second-order valence-electron chi connectivity index (χ2n) is 5.88. The van der Waals surface area contributed by atoms with Gasteiger partial charge in [-0.3, -0.25) is 4.79 Å². The Hall–Kier alpha value is -1.26. The number of hydrogen-bond donors (Lipinski definition) is 1. The number of rotatable bonds is 1. The number of likely N-dealkylation sites (tertiary alicyclic amines) is 1. The van der Waals surface area contributed by atoms with Gasteiger partial charge in [-0.25, -0.2) is 4.79 Å². The Labute approximate surface area is 101 Å². The molecule has 1 heterocycles. The maximum atomic E-state index is 11.8. The van der Waals surface area contributed by atoms with Crippen LogP contribution in [0.3, 0.4) is 0 Å². The lowest BCUT2D eigenvalue weighted by Crippen LogP contribution is -2.39. The van der Waals surface area contributed by atoms with Crippen LogP contribution in [-0.4, -0.2) is 54.1 Å². The number of urea groups is 1. The summed E-state index contributed by atoms with van der Waals surface area (Å²) >= 11 is 0. The van der Waals surface area contributed by atoms with Gasteiger partial charge in [0.15, 0.2) is 0 Å². The Kier molecular flexibility index (Phi) is 2.79. The number of carboxylic acids is 1. The highest BCUT2D eigenvalue weighted by atomic mass is 16.4. The van der Waals surface area contributed by atoms with Crippen LogP contribution < -0.4 is 0 Å². The van der Waals surface area contributed by atoms with Crippen molar-refractivity contribution in [3.05, 3.63) is 0 Å². The Morgan fingerprint density at radius 2 is 1.71 bits per heavy atom. The fourth-order valence-corrected chi connectivity index (χ4v) is 3.26. The van der Waals surface area contributed by atoms with Crippen molar-refractivity contribution in [2.75, 3.05) is 27.2 Å². The number of carbonyl (C=O) groups excluding carboxylic acids is 1. The normalized spacial score (nSPS) is 35.8. The Morgan fingerprint density at radius 1 is 1.24 bits per heavy atom. The molecule has 2 amide bonds. The lowest BCUT2D eigenvalue weighted by atomic mass is 9.87. The van der Waals surface area contributed by atoms with E-state index in [1.54, 1.807) is 19.0 Å². The first-order chi connectivity index (χ1) is 7.83. The summed E-state index contributed by atoms with van der Waals surface area (Å²) in [6, 6.07) is 0.0384. The lowest BCUT2D eigenvalue weighted by Gasteiger charge is -2.25. The van der Waals surface area contributed by atoms with Crippen LogP contribution in [0.5, 0.6) is 0 Å². The molecule has 0 aromatic rings. The molecule has 2 aliphatic rings. The average Bonchev–Trinajstić information content (AvgIpc) is 2.71. The third-order valence-corrected chi connectivity index (χ3v) is 4.17. The minimum Gasteiger partial charge on any atom is -0.481 e. The highest BCUT2D eigenvalue weighted by Crippen LogP contribution is 2.49. The average molecular weight is 240 g/mol. The molecule has 2 unspecified atom stereocenters. The van der Waals surface area contributed by atoms with Crippen LogP contribution >= 0.6 is 0 Å². The topological polar surface area (TPSA) is 60.9 Å². The van der Waals surface area contributed by atoms with Crippen molar-refractivity contribution < 1.29 is 14.7 Å². The SMILES string of the molecule is CN(C)C(=O)N1CC2CC(C)(C(=O)O)CC2C1. The standard InChI is InChI=1S/C12H20N2O3/c1-12(10(15)16)4-8-6-14(7-9(8)5-12)11(17)13(2)3/h8-9H,4-7H2,1-3H3,(H,15,16). The van der Waals surface area contributed by atoms with E-state index < -0.39 is 11.4 Å². The van der Waals surface area contributed by atoms with E-state index in [0.717, 1.165) is 0 Å². The van der Waals surface area contributed by atoms with Gasteiger partial charge in [0.05, 0.1) is 5.41 Å². The number of aliphatic carboxylic acids is 1. The largest absolute Gasteiger partial charge is 0.481 e. The molecule has 1 aliphatic heterocycles. The molecule has 0 spiro atoms. The zero-order chi connectivity index (χ0) is 12.8. The van der Waals surface area contributed by atoms with Gasteiger partial charge in [-0.1, -0.05) is 0 Å². The summed E-state index contributed by atoms with van der Waals surface area (Å²) < 4.78 is 0. The second-order valence-corrected chi connectivity index (χ2v) is 5.88. The van der Waals surface area contributed by atoms with E-state index in [2.05, 4.69) is 0 Å². The number of fused-ring (bicyclic) bond motifs is 1. The maximum absolute atomic E-state index is 11.8. The molecule has 1 N–H and O–H groups in total. The third kappa shape index (κ3) is 1.98. The molecule has 2 atom stereocenters. The van der Waals surface area contributed by atoms with E-state index >= 15 is 0 Å². The molecule has 2 fully saturated rings. The zero-order valence-corrected chi connectivity index (χ0v) is 10.6. The van der Waals surface area contributed by atoms with Crippen molar-refractivity contribution in [3.8, 4) is 0 Å². The van der Waals surface area contributed by atoms with Crippen LogP contribution in [0.1, 0.15) is 19.8 Å². The van der Waals surface area contributed by atoms with Crippen LogP contribution in [0, 0.1) is 17.3 Å². The summed E-state index contributed by atoms with van der Waals surface area (Å²) in [4.78, 5) is 26.4. The molecular formula is C12H20N2O3.